The molecule has 0 heterocycles. The third-order valence-corrected chi connectivity index (χ3v) is 2.40. The molecule has 3 amide bonds. The zero-order valence-corrected chi connectivity index (χ0v) is 10.2. The van der Waals surface area contributed by atoms with Crippen LogP contribution in [0.2, 0.25) is 0 Å². The highest BCUT2D eigenvalue weighted by Gasteiger charge is 2.13. The Morgan fingerprint density at radius 2 is 1.88 bits per heavy atom. The van der Waals surface area contributed by atoms with Crippen molar-refractivity contribution in [1.29, 1.82) is 0 Å². The lowest BCUT2D eigenvalue weighted by Crippen LogP contribution is -2.43. The fourth-order valence-electron chi connectivity index (χ4n) is 1.09. The Kier molecular flexibility index (Phi) is 4.30. The summed E-state index contributed by atoms with van der Waals surface area (Å²) in [5.74, 6) is -0.463. The average molecular weight is 286 g/mol. The molecule has 0 spiro atoms. The maximum absolute atomic E-state index is 11.3. The van der Waals surface area contributed by atoms with Gasteiger partial charge in [-0.05, 0) is 31.2 Å². The van der Waals surface area contributed by atoms with Gasteiger partial charge in [0.25, 0.3) is 0 Å². The van der Waals surface area contributed by atoms with Crippen LogP contribution in [0.5, 0.6) is 0 Å². The lowest BCUT2D eigenvalue weighted by atomic mass is 10.2. The smallest absolute Gasteiger partial charge is 0.318 e. The molecule has 0 aromatic heterocycles. The first kappa shape index (κ1) is 12.5. The number of urea groups is 1. The Bertz CT molecular complexity index is 392. The van der Waals surface area contributed by atoms with Gasteiger partial charge in [-0.15, -0.1) is 0 Å². The van der Waals surface area contributed by atoms with Crippen LogP contribution in [0.4, 0.5) is 10.5 Å². The van der Waals surface area contributed by atoms with Crippen LogP contribution in [0.15, 0.2) is 28.7 Å². The van der Waals surface area contributed by atoms with Gasteiger partial charge in [0.15, 0.2) is 0 Å². The van der Waals surface area contributed by atoms with E-state index < -0.39 is 18.0 Å². The van der Waals surface area contributed by atoms with Crippen molar-refractivity contribution in [2.24, 2.45) is 5.73 Å². The van der Waals surface area contributed by atoms with Crippen molar-refractivity contribution in [3.05, 3.63) is 28.7 Å². The van der Waals surface area contributed by atoms with Crippen LogP contribution in [0.1, 0.15) is 6.92 Å². The molecule has 1 atom stereocenters. The predicted octanol–water partition coefficient (Wildman–Crippen LogP) is 1.44. The molecule has 0 aliphatic rings. The third-order valence-electron chi connectivity index (χ3n) is 1.87. The van der Waals surface area contributed by atoms with Crippen molar-refractivity contribution in [2.75, 3.05) is 5.32 Å². The van der Waals surface area contributed by atoms with Crippen molar-refractivity contribution in [3.8, 4) is 0 Å². The molecule has 86 valence electrons. The second kappa shape index (κ2) is 5.50. The van der Waals surface area contributed by atoms with E-state index in [0.29, 0.717) is 0 Å². The van der Waals surface area contributed by atoms with Gasteiger partial charge in [0, 0.05) is 10.2 Å². The zero-order valence-electron chi connectivity index (χ0n) is 8.66. The maximum Gasteiger partial charge on any atom is 0.318 e. The topological polar surface area (TPSA) is 84.2 Å². The van der Waals surface area contributed by atoms with Gasteiger partial charge in [-0.2, -0.15) is 0 Å². The van der Waals surface area contributed by atoms with Gasteiger partial charge in [0.2, 0.25) is 5.91 Å². The monoisotopic (exact) mass is 285 g/mol. The van der Waals surface area contributed by atoms with Crippen molar-refractivity contribution in [3.63, 3.8) is 0 Å². The molecule has 1 rings (SSSR count). The van der Waals surface area contributed by atoms with Gasteiger partial charge in [0.1, 0.15) is 6.04 Å². The number of imide groups is 1. The minimum Gasteiger partial charge on any atom is -0.374 e. The summed E-state index contributed by atoms with van der Waals surface area (Å²) in [5, 5.41) is 4.94. The van der Waals surface area contributed by atoms with E-state index in [2.05, 4.69) is 21.2 Å². The van der Waals surface area contributed by atoms with Crippen molar-refractivity contribution in [2.45, 2.75) is 13.0 Å². The molecule has 0 radical (unpaired) electrons. The molecule has 1 aromatic rings. The van der Waals surface area contributed by atoms with Gasteiger partial charge >= 0.3 is 6.03 Å². The van der Waals surface area contributed by atoms with E-state index in [0.717, 1.165) is 10.2 Å². The zero-order chi connectivity index (χ0) is 12.1. The van der Waals surface area contributed by atoms with Gasteiger partial charge in [-0.25, -0.2) is 4.79 Å². The van der Waals surface area contributed by atoms with Crippen LogP contribution in [-0.4, -0.2) is 18.0 Å². The molecule has 0 aliphatic carbocycles. The van der Waals surface area contributed by atoms with E-state index in [1.807, 2.05) is 29.6 Å². The lowest BCUT2D eigenvalue weighted by molar-refractivity contribution is -0.120. The van der Waals surface area contributed by atoms with Crippen LogP contribution < -0.4 is 16.4 Å². The minimum absolute atomic E-state index is 0.463. The summed E-state index contributed by atoms with van der Waals surface area (Å²) < 4.78 is 0.951. The lowest BCUT2D eigenvalue weighted by Gasteiger charge is -2.13. The van der Waals surface area contributed by atoms with Crippen LogP contribution in [0, 0.1) is 0 Å². The molecule has 0 saturated heterocycles. The Morgan fingerprint density at radius 1 is 1.31 bits per heavy atom. The van der Waals surface area contributed by atoms with Crippen LogP contribution >= 0.6 is 15.9 Å². The summed E-state index contributed by atoms with van der Waals surface area (Å²) in [7, 11) is 0. The number of halogens is 1. The van der Waals surface area contributed by atoms with Crippen molar-refractivity contribution < 1.29 is 9.59 Å². The number of amides is 3. The van der Waals surface area contributed by atoms with Gasteiger partial charge in [0.05, 0.1) is 0 Å². The Balaban J connectivity index is 2.57. The Morgan fingerprint density at radius 3 is 2.38 bits per heavy atom. The molecular formula is C10H12BrN3O2. The molecular weight excluding hydrogens is 274 g/mol. The second-order valence-electron chi connectivity index (χ2n) is 3.23. The Hall–Kier alpha value is -1.56. The Labute approximate surface area is 102 Å². The molecule has 16 heavy (non-hydrogen) atoms. The normalized spacial score (nSPS) is 11.6. The number of benzene rings is 1. The van der Waals surface area contributed by atoms with E-state index in [4.69, 9.17) is 5.73 Å². The highest BCUT2D eigenvalue weighted by atomic mass is 79.9. The molecule has 1 unspecified atom stereocenters. The number of carbonyl (C=O) groups is 2. The standard InChI is InChI=1S/C10H12BrN3O2/c1-6(9(15)14-10(12)16)13-8-4-2-7(11)3-5-8/h2-6,13H,1H3,(H3,12,14,15,16). The second-order valence-corrected chi connectivity index (χ2v) is 4.14. The molecule has 4 N–H and O–H groups in total. The number of anilines is 1. The van der Waals surface area contributed by atoms with E-state index in [1.165, 1.54) is 0 Å². The number of hydrogen-bond donors (Lipinski definition) is 3. The van der Waals surface area contributed by atoms with E-state index in [-0.39, 0.29) is 0 Å². The number of primary amides is 1. The first-order chi connectivity index (χ1) is 7.49. The molecule has 0 fully saturated rings. The number of nitrogens with two attached hydrogens (primary N) is 1. The SMILES string of the molecule is CC(Nc1ccc(Br)cc1)C(=O)NC(N)=O. The highest BCUT2D eigenvalue weighted by Crippen LogP contribution is 2.14. The summed E-state index contributed by atoms with van der Waals surface area (Å²) in [6.45, 7) is 1.64. The molecule has 6 heteroatoms. The van der Waals surface area contributed by atoms with Gasteiger partial charge in [-0.3, -0.25) is 10.1 Å². The van der Waals surface area contributed by atoms with Crippen LogP contribution in [-0.2, 0) is 4.79 Å². The fraction of sp³-hybridized carbons (Fsp3) is 0.200. The van der Waals surface area contributed by atoms with Crippen molar-refractivity contribution in [1.82, 2.24) is 5.32 Å². The largest absolute Gasteiger partial charge is 0.374 e. The summed E-state index contributed by atoms with van der Waals surface area (Å²) in [6, 6.07) is 5.95. The first-order valence-corrected chi connectivity index (χ1v) is 5.40. The summed E-state index contributed by atoms with van der Waals surface area (Å²) >= 11 is 3.31. The fourth-order valence-corrected chi connectivity index (χ4v) is 1.36. The number of carbonyl (C=O) groups excluding carboxylic acids is 2. The summed E-state index contributed by atoms with van der Waals surface area (Å²) in [6.07, 6.45) is 0. The molecule has 0 saturated carbocycles. The van der Waals surface area contributed by atoms with Gasteiger partial charge in [-0.1, -0.05) is 15.9 Å². The third kappa shape index (κ3) is 3.90. The minimum atomic E-state index is -0.852. The van der Waals surface area contributed by atoms with E-state index in [9.17, 15) is 9.59 Å². The van der Waals surface area contributed by atoms with Crippen LogP contribution in [0.3, 0.4) is 0 Å². The van der Waals surface area contributed by atoms with E-state index >= 15 is 0 Å². The number of nitrogens with one attached hydrogen (secondary N) is 2. The molecule has 1 aromatic carbocycles. The number of rotatable bonds is 3. The average Bonchev–Trinajstić information content (AvgIpc) is 2.20. The summed E-state index contributed by atoms with van der Waals surface area (Å²) in [5.41, 5.74) is 5.63. The predicted molar refractivity (Wildman–Crippen MR) is 65.0 cm³/mol. The molecule has 0 aliphatic heterocycles. The highest BCUT2D eigenvalue weighted by molar-refractivity contribution is 9.10. The van der Waals surface area contributed by atoms with Crippen LogP contribution in [0.25, 0.3) is 0 Å². The number of hydrogen-bond acceptors (Lipinski definition) is 3. The summed E-state index contributed by atoms with van der Waals surface area (Å²) in [4.78, 5) is 21.8. The quantitative estimate of drug-likeness (QED) is 0.786. The first-order valence-electron chi connectivity index (χ1n) is 4.61. The van der Waals surface area contributed by atoms with Crippen molar-refractivity contribution >= 4 is 33.6 Å². The maximum atomic E-state index is 11.3. The van der Waals surface area contributed by atoms with Gasteiger partial charge < -0.3 is 11.1 Å². The van der Waals surface area contributed by atoms with E-state index in [1.54, 1.807) is 6.92 Å². The molecule has 5 nitrogen and oxygen atoms in total. The molecule has 0 bridgehead atoms.